The van der Waals surface area contributed by atoms with Gasteiger partial charge in [-0.1, -0.05) is 44.2 Å². The van der Waals surface area contributed by atoms with Gasteiger partial charge in [-0.15, -0.1) is 0 Å². The van der Waals surface area contributed by atoms with Crippen LogP contribution in [-0.2, 0) is 16.5 Å². The molecular formula is C17H24N4O2S2. The van der Waals surface area contributed by atoms with E-state index in [1.165, 1.54) is 0 Å². The second kappa shape index (κ2) is 7.39. The first kappa shape index (κ1) is 18.3. The first-order valence-corrected chi connectivity index (χ1v) is 10.7. The highest BCUT2D eigenvalue weighted by Gasteiger charge is 2.32. The summed E-state index contributed by atoms with van der Waals surface area (Å²) in [5.41, 5.74) is 0.978. The molecule has 3 rings (SSSR count). The molecule has 0 saturated carbocycles. The Hall–Kier alpha value is -1.51. The quantitative estimate of drug-likeness (QED) is 0.780. The van der Waals surface area contributed by atoms with Crippen LogP contribution in [0.25, 0.3) is 11.4 Å². The summed E-state index contributed by atoms with van der Waals surface area (Å²) in [6.45, 7) is 5.62. The van der Waals surface area contributed by atoms with Gasteiger partial charge >= 0.3 is 0 Å². The minimum absolute atomic E-state index is 0.0396. The molecule has 1 aromatic carbocycles. The van der Waals surface area contributed by atoms with E-state index in [4.69, 9.17) is 12.2 Å². The van der Waals surface area contributed by atoms with Gasteiger partial charge in [-0.3, -0.25) is 10.00 Å². The van der Waals surface area contributed by atoms with E-state index in [1.54, 1.807) is 0 Å². The van der Waals surface area contributed by atoms with Gasteiger partial charge in [-0.25, -0.2) is 13.1 Å². The molecule has 1 aliphatic heterocycles. The van der Waals surface area contributed by atoms with E-state index in [0.29, 0.717) is 23.8 Å². The zero-order valence-corrected chi connectivity index (χ0v) is 16.2. The highest BCUT2D eigenvalue weighted by atomic mass is 32.2. The summed E-state index contributed by atoms with van der Waals surface area (Å²) >= 11 is 5.40. The maximum absolute atomic E-state index is 11.9. The van der Waals surface area contributed by atoms with Crippen molar-refractivity contribution < 1.29 is 8.42 Å². The predicted octanol–water partition coefficient (Wildman–Crippen LogP) is 2.71. The Balaban J connectivity index is 1.82. The van der Waals surface area contributed by atoms with E-state index in [-0.39, 0.29) is 17.5 Å². The summed E-state index contributed by atoms with van der Waals surface area (Å²) in [5.74, 6) is 1.67. The van der Waals surface area contributed by atoms with Gasteiger partial charge in [0.25, 0.3) is 0 Å². The van der Waals surface area contributed by atoms with Crippen LogP contribution in [0, 0.1) is 10.7 Å². The Bertz CT molecular complexity index is 872. The van der Waals surface area contributed by atoms with Crippen LogP contribution >= 0.6 is 12.2 Å². The average Bonchev–Trinajstić information content (AvgIpc) is 3.10. The number of aromatic amines is 1. The van der Waals surface area contributed by atoms with Gasteiger partial charge in [-0.2, -0.15) is 4.98 Å². The molecule has 1 atom stereocenters. The summed E-state index contributed by atoms with van der Waals surface area (Å²) < 4.78 is 26.0. The average molecular weight is 381 g/mol. The Morgan fingerprint density at radius 1 is 1.36 bits per heavy atom. The van der Waals surface area contributed by atoms with E-state index in [2.05, 4.69) is 28.8 Å². The second-order valence-electron chi connectivity index (χ2n) is 7.01. The van der Waals surface area contributed by atoms with Crippen molar-refractivity contribution in [3.8, 4) is 11.4 Å². The number of aromatic nitrogens is 3. The summed E-state index contributed by atoms with van der Waals surface area (Å²) in [4.78, 5) is 6.65. The third kappa shape index (κ3) is 4.56. The zero-order chi connectivity index (χ0) is 18.0. The number of nitrogens with one attached hydrogen (secondary N) is 1. The Labute approximate surface area is 153 Å². The molecule has 1 fully saturated rings. The van der Waals surface area contributed by atoms with Crippen molar-refractivity contribution in [3.63, 3.8) is 0 Å². The number of hydrogen-bond donors (Lipinski definition) is 1. The van der Waals surface area contributed by atoms with Gasteiger partial charge in [0.1, 0.15) is 0 Å². The SMILES string of the molecule is CC(C)CN(Cn1[nH]c(-c2ccccc2)nc1=S)C1CCS(=O)(=O)C1. The first-order valence-electron chi connectivity index (χ1n) is 8.51. The van der Waals surface area contributed by atoms with Crippen LogP contribution in [0.2, 0.25) is 0 Å². The molecule has 1 saturated heterocycles. The molecule has 25 heavy (non-hydrogen) atoms. The molecule has 1 unspecified atom stereocenters. The van der Waals surface area contributed by atoms with E-state index < -0.39 is 9.84 Å². The predicted molar refractivity (Wildman–Crippen MR) is 101 cm³/mol. The van der Waals surface area contributed by atoms with Crippen LogP contribution in [0.5, 0.6) is 0 Å². The lowest BCUT2D eigenvalue weighted by molar-refractivity contribution is 0.137. The molecule has 6 nitrogen and oxygen atoms in total. The van der Waals surface area contributed by atoms with Gasteiger partial charge in [0, 0.05) is 18.2 Å². The van der Waals surface area contributed by atoms with Crippen molar-refractivity contribution in [1.82, 2.24) is 19.7 Å². The Morgan fingerprint density at radius 3 is 2.68 bits per heavy atom. The maximum atomic E-state index is 11.9. The standard InChI is InChI=1S/C17H24N4O2S2/c1-13(2)10-20(15-8-9-25(22,23)11-15)12-21-17(24)18-16(19-21)14-6-4-3-5-7-14/h3-7,13,15H,8-12H2,1-2H3,(H,18,19,24). The fraction of sp³-hybridized carbons (Fsp3) is 0.529. The van der Waals surface area contributed by atoms with Gasteiger partial charge < -0.3 is 0 Å². The smallest absolute Gasteiger partial charge is 0.217 e. The van der Waals surface area contributed by atoms with Gasteiger partial charge in [0.2, 0.25) is 4.77 Å². The number of rotatable bonds is 6. The molecule has 2 aromatic rings. The topological polar surface area (TPSA) is 71.0 Å². The van der Waals surface area contributed by atoms with Crippen molar-refractivity contribution in [2.45, 2.75) is 33.0 Å². The summed E-state index contributed by atoms with van der Waals surface area (Å²) in [7, 11) is -2.92. The van der Waals surface area contributed by atoms with Crippen molar-refractivity contribution in [2.24, 2.45) is 5.92 Å². The molecule has 1 aromatic heterocycles. The van der Waals surface area contributed by atoms with Crippen LogP contribution in [0.3, 0.4) is 0 Å². The Kier molecular flexibility index (Phi) is 5.41. The molecule has 0 radical (unpaired) electrons. The maximum Gasteiger partial charge on any atom is 0.217 e. The van der Waals surface area contributed by atoms with E-state index in [9.17, 15) is 8.42 Å². The molecule has 1 aliphatic rings. The van der Waals surface area contributed by atoms with E-state index >= 15 is 0 Å². The minimum Gasteiger partial charge on any atom is -0.280 e. The van der Waals surface area contributed by atoms with Crippen molar-refractivity contribution in [1.29, 1.82) is 0 Å². The lowest BCUT2D eigenvalue weighted by atomic mass is 10.1. The third-order valence-corrected chi connectivity index (χ3v) is 6.44. The van der Waals surface area contributed by atoms with E-state index in [1.807, 2.05) is 35.0 Å². The van der Waals surface area contributed by atoms with Crippen LogP contribution < -0.4 is 0 Å². The number of hydrogen-bond acceptors (Lipinski definition) is 5. The van der Waals surface area contributed by atoms with Crippen molar-refractivity contribution in [3.05, 3.63) is 35.1 Å². The van der Waals surface area contributed by atoms with Gasteiger partial charge in [0.15, 0.2) is 15.7 Å². The molecule has 0 bridgehead atoms. The lowest BCUT2D eigenvalue weighted by Gasteiger charge is -2.29. The molecular weight excluding hydrogens is 356 g/mol. The number of nitrogens with zero attached hydrogens (tertiary/aromatic N) is 3. The molecule has 0 spiro atoms. The van der Waals surface area contributed by atoms with Crippen LogP contribution in [0.15, 0.2) is 30.3 Å². The van der Waals surface area contributed by atoms with E-state index in [0.717, 1.165) is 17.9 Å². The summed E-state index contributed by atoms with van der Waals surface area (Å²) in [5, 5.41) is 3.26. The van der Waals surface area contributed by atoms with Crippen LogP contribution in [0.4, 0.5) is 0 Å². The number of H-pyrrole nitrogens is 1. The monoisotopic (exact) mass is 380 g/mol. The largest absolute Gasteiger partial charge is 0.280 e. The molecule has 0 amide bonds. The highest BCUT2D eigenvalue weighted by Crippen LogP contribution is 2.20. The Morgan fingerprint density at radius 2 is 2.08 bits per heavy atom. The minimum atomic E-state index is -2.92. The van der Waals surface area contributed by atoms with Crippen molar-refractivity contribution >= 4 is 22.1 Å². The number of benzene rings is 1. The third-order valence-electron chi connectivity index (χ3n) is 4.37. The molecule has 8 heteroatoms. The second-order valence-corrected chi connectivity index (χ2v) is 9.61. The molecule has 136 valence electrons. The number of sulfone groups is 1. The van der Waals surface area contributed by atoms with Crippen molar-refractivity contribution in [2.75, 3.05) is 18.1 Å². The summed E-state index contributed by atoms with van der Waals surface area (Å²) in [6, 6.07) is 9.87. The van der Waals surface area contributed by atoms with Crippen LogP contribution in [0.1, 0.15) is 20.3 Å². The summed E-state index contributed by atoms with van der Waals surface area (Å²) in [6.07, 6.45) is 0.683. The first-order chi connectivity index (χ1) is 11.8. The van der Waals surface area contributed by atoms with Crippen LogP contribution in [-0.4, -0.2) is 52.2 Å². The normalized spacial score (nSPS) is 19.8. The van der Waals surface area contributed by atoms with Gasteiger partial charge in [0.05, 0.1) is 18.2 Å². The molecule has 2 heterocycles. The lowest BCUT2D eigenvalue weighted by Crippen LogP contribution is -2.40. The fourth-order valence-corrected chi connectivity index (χ4v) is 5.17. The van der Waals surface area contributed by atoms with Gasteiger partial charge in [-0.05, 0) is 24.6 Å². The molecule has 0 aliphatic carbocycles. The zero-order valence-electron chi connectivity index (χ0n) is 14.6. The fourth-order valence-electron chi connectivity index (χ4n) is 3.21. The molecule has 1 N–H and O–H groups in total. The highest BCUT2D eigenvalue weighted by molar-refractivity contribution is 7.91.